The summed E-state index contributed by atoms with van der Waals surface area (Å²) in [6.07, 6.45) is -6.10. The van der Waals surface area contributed by atoms with E-state index in [1.807, 2.05) is 0 Å². The van der Waals surface area contributed by atoms with Crippen LogP contribution < -0.4 is 0 Å². The summed E-state index contributed by atoms with van der Waals surface area (Å²) in [6, 6.07) is 6.26. The molecule has 1 fully saturated rings. The average Bonchev–Trinajstić information content (AvgIpc) is 2.57. The van der Waals surface area contributed by atoms with Crippen molar-refractivity contribution in [2.45, 2.75) is 30.5 Å². The highest BCUT2D eigenvalue weighted by Crippen LogP contribution is 2.31. The largest absolute Gasteiger partial charge is 0.394 e. The molecule has 0 unspecified atom stereocenters. The van der Waals surface area contributed by atoms with Gasteiger partial charge in [-0.3, -0.25) is 9.59 Å². The molecule has 1 aliphatic carbocycles. The van der Waals surface area contributed by atoms with Crippen molar-refractivity contribution in [3.63, 3.8) is 0 Å². The highest BCUT2D eigenvalue weighted by Gasteiger charge is 2.47. The van der Waals surface area contributed by atoms with Gasteiger partial charge in [-0.25, -0.2) is 0 Å². The summed E-state index contributed by atoms with van der Waals surface area (Å²) in [6.45, 7) is -0.604. The molecule has 0 saturated carbocycles. The summed E-state index contributed by atoms with van der Waals surface area (Å²) in [5.74, 6) is -0.906. The average molecular weight is 320 g/mol. The molecule has 0 amide bonds. The van der Waals surface area contributed by atoms with E-state index in [1.165, 1.54) is 12.1 Å². The summed E-state index contributed by atoms with van der Waals surface area (Å²) in [5, 5.41) is 38.9. The molecule has 4 N–H and O–H groups in total. The van der Waals surface area contributed by atoms with E-state index in [4.69, 9.17) is 4.74 Å². The minimum atomic E-state index is -1.60. The summed E-state index contributed by atoms with van der Waals surface area (Å²) in [7, 11) is 0. The molecule has 1 saturated heterocycles. The minimum Gasteiger partial charge on any atom is -0.394 e. The SMILES string of the molecule is O=C1C=C([C@@H]2O[C@H](CO)[C@@H](O)[C@H](O)[C@H]2O)C(=O)c2ccccc21. The third-order valence-electron chi connectivity index (χ3n) is 4.18. The molecule has 0 spiro atoms. The van der Waals surface area contributed by atoms with Crippen molar-refractivity contribution in [3.05, 3.63) is 47.0 Å². The normalized spacial score (nSPS) is 34.1. The fourth-order valence-electron chi connectivity index (χ4n) is 2.91. The maximum absolute atomic E-state index is 12.6. The lowest BCUT2D eigenvalue weighted by Gasteiger charge is -2.41. The van der Waals surface area contributed by atoms with Crippen molar-refractivity contribution in [1.82, 2.24) is 0 Å². The Bertz CT molecular complexity index is 679. The molecule has 0 radical (unpaired) electrons. The Morgan fingerprint density at radius 2 is 1.61 bits per heavy atom. The summed E-state index contributed by atoms with van der Waals surface area (Å²) >= 11 is 0. The van der Waals surface area contributed by atoms with E-state index in [-0.39, 0.29) is 16.7 Å². The minimum absolute atomic E-state index is 0.106. The Morgan fingerprint density at radius 1 is 0.957 bits per heavy atom. The zero-order valence-electron chi connectivity index (χ0n) is 12.0. The van der Waals surface area contributed by atoms with Crippen LogP contribution >= 0.6 is 0 Å². The van der Waals surface area contributed by atoms with Gasteiger partial charge in [0.25, 0.3) is 0 Å². The van der Waals surface area contributed by atoms with Crippen molar-refractivity contribution in [1.29, 1.82) is 0 Å². The fourth-order valence-corrected chi connectivity index (χ4v) is 2.91. The predicted octanol–water partition coefficient (Wildman–Crippen LogP) is -1.17. The first-order valence-corrected chi connectivity index (χ1v) is 7.16. The van der Waals surface area contributed by atoms with Gasteiger partial charge < -0.3 is 25.2 Å². The molecule has 1 heterocycles. The van der Waals surface area contributed by atoms with Gasteiger partial charge >= 0.3 is 0 Å². The van der Waals surface area contributed by atoms with Crippen LogP contribution in [0.25, 0.3) is 0 Å². The lowest BCUT2D eigenvalue weighted by molar-refractivity contribution is -0.218. The van der Waals surface area contributed by atoms with Gasteiger partial charge in [-0.05, 0) is 6.08 Å². The fraction of sp³-hybridized carbons (Fsp3) is 0.375. The van der Waals surface area contributed by atoms with Crippen LogP contribution in [0.1, 0.15) is 20.7 Å². The van der Waals surface area contributed by atoms with Gasteiger partial charge in [-0.2, -0.15) is 0 Å². The van der Waals surface area contributed by atoms with Crippen LogP contribution in [0.5, 0.6) is 0 Å². The molecule has 7 heteroatoms. The molecule has 7 nitrogen and oxygen atoms in total. The van der Waals surface area contributed by atoms with Crippen molar-refractivity contribution < 1.29 is 34.8 Å². The standard InChI is InChI=1S/C16H16O7/c17-6-11-13(20)14(21)15(22)16(23-11)9-5-10(18)7-3-1-2-4-8(7)12(9)19/h1-5,11,13-17,20-22H,6H2/t11-,13-,14+,15-,16+/m1/s1. The van der Waals surface area contributed by atoms with E-state index in [0.717, 1.165) is 6.08 Å². The topological polar surface area (TPSA) is 124 Å². The second-order valence-corrected chi connectivity index (χ2v) is 5.59. The maximum atomic E-state index is 12.6. The number of aliphatic hydroxyl groups excluding tert-OH is 4. The number of aliphatic hydroxyl groups is 4. The summed E-state index contributed by atoms with van der Waals surface area (Å²) in [5.41, 5.74) is 0.336. The second-order valence-electron chi connectivity index (χ2n) is 5.59. The van der Waals surface area contributed by atoms with E-state index in [0.29, 0.717) is 0 Å². The predicted molar refractivity (Wildman–Crippen MR) is 77.0 cm³/mol. The number of hydrogen-bond acceptors (Lipinski definition) is 7. The molecule has 0 aromatic heterocycles. The monoisotopic (exact) mass is 320 g/mol. The molecule has 23 heavy (non-hydrogen) atoms. The van der Waals surface area contributed by atoms with Crippen molar-refractivity contribution in [3.8, 4) is 0 Å². The number of carbonyl (C=O) groups excluding carboxylic acids is 2. The third kappa shape index (κ3) is 2.52. The molecule has 1 aromatic carbocycles. The molecule has 3 rings (SSSR count). The van der Waals surface area contributed by atoms with Crippen LogP contribution in [0.3, 0.4) is 0 Å². The smallest absolute Gasteiger partial charge is 0.192 e. The zero-order chi connectivity index (χ0) is 16.7. The molecule has 122 valence electrons. The lowest BCUT2D eigenvalue weighted by Crippen LogP contribution is -2.59. The maximum Gasteiger partial charge on any atom is 0.192 e. The number of Topliss-reactive ketones (excluding diaryl/α,β-unsaturated/α-hetero) is 1. The Morgan fingerprint density at radius 3 is 2.26 bits per heavy atom. The number of ketones is 2. The van der Waals surface area contributed by atoms with Crippen LogP contribution in [0.4, 0.5) is 0 Å². The summed E-state index contributed by atoms with van der Waals surface area (Å²) in [4.78, 5) is 24.7. The van der Waals surface area contributed by atoms with E-state index in [2.05, 4.69) is 0 Å². The van der Waals surface area contributed by atoms with E-state index in [1.54, 1.807) is 12.1 Å². The van der Waals surface area contributed by atoms with Gasteiger partial charge in [0, 0.05) is 16.7 Å². The van der Waals surface area contributed by atoms with Crippen LogP contribution in [0.15, 0.2) is 35.9 Å². The number of carbonyl (C=O) groups is 2. The van der Waals surface area contributed by atoms with Crippen molar-refractivity contribution >= 4 is 11.6 Å². The molecule has 0 bridgehead atoms. The van der Waals surface area contributed by atoms with E-state index in [9.17, 15) is 30.0 Å². The zero-order valence-corrected chi connectivity index (χ0v) is 12.0. The molecular weight excluding hydrogens is 304 g/mol. The first kappa shape index (κ1) is 16.0. The van der Waals surface area contributed by atoms with Gasteiger partial charge in [-0.1, -0.05) is 24.3 Å². The van der Waals surface area contributed by atoms with Crippen LogP contribution in [-0.4, -0.2) is 69.1 Å². The number of fused-ring (bicyclic) bond motifs is 1. The first-order chi connectivity index (χ1) is 11.0. The van der Waals surface area contributed by atoms with E-state index < -0.39 is 48.7 Å². The Kier molecular flexibility index (Phi) is 4.13. The Balaban J connectivity index is 1.98. The highest BCUT2D eigenvalue weighted by atomic mass is 16.5. The number of ether oxygens (including phenoxy) is 1. The number of allylic oxidation sites excluding steroid dienone is 1. The third-order valence-corrected chi connectivity index (χ3v) is 4.18. The van der Waals surface area contributed by atoms with Crippen molar-refractivity contribution in [2.75, 3.05) is 6.61 Å². The van der Waals surface area contributed by atoms with Gasteiger partial charge in [0.1, 0.15) is 30.5 Å². The van der Waals surface area contributed by atoms with Gasteiger partial charge in [0.2, 0.25) is 0 Å². The van der Waals surface area contributed by atoms with Crippen molar-refractivity contribution in [2.24, 2.45) is 0 Å². The van der Waals surface area contributed by atoms with Crippen LogP contribution in [0.2, 0.25) is 0 Å². The van der Waals surface area contributed by atoms with Crippen LogP contribution in [0, 0.1) is 0 Å². The number of hydrogen-bond donors (Lipinski definition) is 4. The van der Waals surface area contributed by atoms with Gasteiger partial charge in [0.05, 0.1) is 6.61 Å². The Labute approximate surface area is 131 Å². The van der Waals surface area contributed by atoms with Crippen LogP contribution in [-0.2, 0) is 4.74 Å². The molecule has 2 aliphatic rings. The quantitative estimate of drug-likeness (QED) is 0.541. The highest BCUT2D eigenvalue weighted by molar-refractivity contribution is 6.24. The molecule has 5 atom stereocenters. The number of benzene rings is 1. The van der Waals surface area contributed by atoms with Gasteiger partial charge in [-0.15, -0.1) is 0 Å². The first-order valence-electron chi connectivity index (χ1n) is 7.16. The molecule has 1 aromatic rings. The van der Waals surface area contributed by atoms with Gasteiger partial charge in [0.15, 0.2) is 11.6 Å². The van der Waals surface area contributed by atoms with E-state index >= 15 is 0 Å². The Hall–Kier alpha value is -1.90. The molecule has 1 aliphatic heterocycles. The lowest BCUT2D eigenvalue weighted by atomic mass is 9.82. The summed E-state index contributed by atoms with van der Waals surface area (Å²) < 4.78 is 5.35. The molecular formula is C16H16O7. The number of rotatable bonds is 2. The second kappa shape index (κ2) is 5.95.